The number of carbonyl (C=O) groups is 1. The molecule has 1 aliphatic heterocycles. The monoisotopic (exact) mass is 417 g/mol. The minimum absolute atomic E-state index is 0.0753. The number of likely N-dealkylation sites (tertiary alicyclic amines) is 1. The molecule has 1 N–H and O–H groups in total. The average molecular weight is 417 g/mol. The lowest BCUT2D eigenvalue weighted by Crippen LogP contribution is -2.40. The fraction of sp³-hybridized carbons (Fsp3) is 0.333. The van der Waals surface area contributed by atoms with Crippen LogP contribution in [0.4, 0.5) is 15.9 Å². The molecule has 1 aliphatic carbocycles. The fourth-order valence-corrected chi connectivity index (χ4v) is 4.07. The van der Waals surface area contributed by atoms with Crippen LogP contribution in [-0.4, -0.2) is 38.8 Å². The first-order valence-electron chi connectivity index (χ1n) is 10.8. The maximum absolute atomic E-state index is 13.7. The molecule has 1 saturated heterocycles. The van der Waals surface area contributed by atoms with Crippen molar-refractivity contribution in [2.75, 3.05) is 18.4 Å². The van der Waals surface area contributed by atoms with Gasteiger partial charge >= 0.3 is 0 Å². The van der Waals surface area contributed by atoms with Gasteiger partial charge in [0.1, 0.15) is 17.5 Å². The Morgan fingerprint density at radius 1 is 1.06 bits per heavy atom. The molecule has 7 heteroatoms. The Kier molecular flexibility index (Phi) is 5.32. The van der Waals surface area contributed by atoms with E-state index in [9.17, 15) is 9.18 Å². The van der Waals surface area contributed by atoms with Crippen LogP contribution in [0.25, 0.3) is 11.3 Å². The molecule has 31 heavy (non-hydrogen) atoms. The highest BCUT2D eigenvalue weighted by atomic mass is 19.1. The van der Waals surface area contributed by atoms with Gasteiger partial charge in [0, 0.05) is 54.6 Å². The molecule has 2 aromatic heterocycles. The van der Waals surface area contributed by atoms with Gasteiger partial charge in [-0.05, 0) is 56.0 Å². The number of anilines is 2. The topological polar surface area (TPSA) is 71.0 Å². The summed E-state index contributed by atoms with van der Waals surface area (Å²) in [5, 5.41) is 3.21. The third-order valence-electron chi connectivity index (χ3n) is 5.84. The van der Waals surface area contributed by atoms with Crippen LogP contribution in [-0.2, 0) is 4.79 Å². The largest absolute Gasteiger partial charge is 0.342 e. The second-order valence-electron chi connectivity index (χ2n) is 8.27. The lowest BCUT2D eigenvalue weighted by molar-refractivity contribution is -0.133. The number of benzene rings is 1. The van der Waals surface area contributed by atoms with E-state index in [-0.39, 0.29) is 23.6 Å². The number of carbonyl (C=O) groups excluding carboxylic acids is 1. The Morgan fingerprint density at radius 2 is 1.90 bits per heavy atom. The Hall–Kier alpha value is -3.35. The van der Waals surface area contributed by atoms with Crippen molar-refractivity contribution in [3.8, 4) is 11.3 Å². The highest BCUT2D eigenvalue weighted by Gasteiger charge is 2.36. The van der Waals surface area contributed by atoms with Gasteiger partial charge in [0.05, 0.1) is 5.69 Å². The lowest BCUT2D eigenvalue weighted by Gasteiger charge is -2.32. The first-order chi connectivity index (χ1) is 15.2. The van der Waals surface area contributed by atoms with Gasteiger partial charge in [-0.1, -0.05) is 6.07 Å². The number of nitrogens with one attached hydrogen (secondary N) is 1. The number of piperidine rings is 1. The fourth-order valence-electron chi connectivity index (χ4n) is 4.07. The van der Waals surface area contributed by atoms with E-state index < -0.39 is 0 Å². The summed E-state index contributed by atoms with van der Waals surface area (Å²) in [6, 6.07) is 12.0. The molecule has 6 nitrogen and oxygen atoms in total. The predicted molar refractivity (Wildman–Crippen MR) is 116 cm³/mol. The van der Waals surface area contributed by atoms with Gasteiger partial charge in [-0.25, -0.2) is 14.4 Å². The smallest absolute Gasteiger partial charge is 0.225 e. The molecular weight excluding hydrogens is 393 g/mol. The van der Waals surface area contributed by atoms with Crippen LogP contribution < -0.4 is 5.32 Å². The zero-order valence-corrected chi connectivity index (χ0v) is 17.2. The normalized spacial score (nSPS) is 18.6. The van der Waals surface area contributed by atoms with Crippen molar-refractivity contribution in [2.45, 2.75) is 31.6 Å². The average Bonchev–Trinajstić information content (AvgIpc) is 3.65. The van der Waals surface area contributed by atoms with Crippen molar-refractivity contribution in [2.24, 2.45) is 5.92 Å². The van der Waals surface area contributed by atoms with Crippen LogP contribution in [0.2, 0.25) is 0 Å². The van der Waals surface area contributed by atoms with E-state index in [1.54, 1.807) is 24.5 Å². The number of amides is 1. The van der Waals surface area contributed by atoms with E-state index in [4.69, 9.17) is 9.97 Å². The van der Waals surface area contributed by atoms with Crippen molar-refractivity contribution in [1.29, 1.82) is 0 Å². The lowest BCUT2D eigenvalue weighted by atomic mass is 9.96. The molecule has 1 amide bonds. The Bertz CT molecular complexity index is 1090. The van der Waals surface area contributed by atoms with Gasteiger partial charge in [0.2, 0.25) is 5.91 Å². The molecule has 2 fully saturated rings. The number of aromatic nitrogens is 3. The van der Waals surface area contributed by atoms with Crippen LogP contribution in [0.1, 0.15) is 37.4 Å². The van der Waals surface area contributed by atoms with Crippen molar-refractivity contribution in [3.63, 3.8) is 0 Å². The zero-order chi connectivity index (χ0) is 21.2. The SMILES string of the molecule is O=C(C1CC1)N1CCC[C@@H](c2nc(Nc3cccc(F)c3)cc(-c3ccncc3)n2)C1. The number of halogens is 1. The Labute approximate surface area is 180 Å². The first-order valence-corrected chi connectivity index (χ1v) is 10.8. The summed E-state index contributed by atoms with van der Waals surface area (Å²) >= 11 is 0. The molecule has 2 aliphatic rings. The number of nitrogens with zero attached hydrogens (tertiary/aromatic N) is 4. The number of rotatable bonds is 5. The maximum Gasteiger partial charge on any atom is 0.225 e. The van der Waals surface area contributed by atoms with E-state index in [0.717, 1.165) is 43.5 Å². The Morgan fingerprint density at radius 3 is 2.68 bits per heavy atom. The minimum Gasteiger partial charge on any atom is -0.342 e. The number of pyridine rings is 1. The number of hydrogen-bond acceptors (Lipinski definition) is 5. The van der Waals surface area contributed by atoms with Crippen molar-refractivity contribution >= 4 is 17.4 Å². The van der Waals surface area contributed by atoms with E-state index in [0.29, 0.717) is 23.9 Å². The second kappa shape index (κ2) is 8.41. The van der Waals surface area contributed by atoms with Gasteiger partial charge in [0.25, 0.3) is 0 Å². The third-order valence-corrected chi connectivity index (χ3v) is 5.84. The van der Waals surface area contributed by atoms with Gasteiger partial charge in [-0.2, -0.15) is 0 Å². The minimum atomic E-state index is -0.310. The first kappa shape index (κ1) is 19.6. The van der Waals surface area contributed by atoms with Gasteiger partial charge < -0.3 is 10.2 Å². The maximum atomic E-state index is 13.7. The molecule has 158 valence electrons. The highest BCUT2D eigenvalue weighted by molar-refractivity contribution is 5.81. The van der Waals surface area contributed by atoms with Crippen LogP contribution in [0.5, 0.6) is 0 Å². The number of hydrogen-bond donors (Lipinski definition) is 1. The summed E-state index contributed by atoms with van der Waals surface area (Å²) in [5.41, 5.74) is 2.33. The summed E-state index contributed by atoms with van der Waals surface area (Å²) in [7, 11) is 0. The molecular formula is C24H24FN5O. The molecule has 0 unspecified atom stereocenters. The molecule has 0 bridgehead atoms. The van der Waals surface area contributed by atoms with Crippen LogP contribution >= 0.6 is 0 Å². The summed E-state index contributed by atoms with van der Waals surface area (Å²) < 4.78 is 13.7. The summed E-state index contributed by atoms with van der Waals surface area (Å²) in [6.07, 6.45) is 7.36. The molecule has 3 heterocycles. The van der Waals surface area contributed by atoms with Crippen molar-refractivity contribution < 1.29 is 9.18 Å². The molecule has 0 radical (unpaired) electrons. The summed E-state index contributed by atoms with van der Waals surface area (Å²) in [5.74, 6) is 1.57. The summed E-state index contributed by atoms with van der Waals surface area (Å²) in [4.78, 5) is 28.3. The van der Waals surface area contributed by atoms with Crippen LogP contribution in [0.3, 0.4) is 0 Å². The molecule has 1 atom stereocenters. The van der Waals surface area contributed by atoms with Gasteiger partial charge in [0.15, 0.2) is 0 Å². The van der Waals surface area contributed by atoms with Gasteiger partial charge in [-0.3, -0.25) is 9.78 Å². The molecule has 1 saturated carbocycles. The molecule has 0 spiro atoms. The van der Waals surface area contributed by atoms with E-state index in [1.807, 2.05) is 23.1 Å². The zero-order valence-electron chi connectivity index (χ0n) is 17.2. The van der Waals surface area contributed by atoms with E-state index >= 15 is 0 Å². The Balaban J connectivity index is 1.47. The van der Waals surface area contributed by atoms with Crippen LogP contribution in [0.15, 0.2) is 54.9 Å². The van der Waals surface area contributed by atoms with Gasteiger partial charge in [-0.15, -0.1) is 0 Å². The van der Waals surface area contributed by atoms with Crippen molar-refractivity contribution in [3.05, 3.63) is 66.5 Å². The molecule has 3 aromatic rings. The van der Waals surface area contributed by atoms with E-state index in [1.165, 1.54) is 12.1 Å². The predicted octanol–water partition coefficient (Wildman–Crippen LogP) is 4.54. The van der Waals surface area contributed by atoms with Crippen LogP contribution in [0, 0.1) is 11.7 Å². The molecule has 5 rings (SSSR count). The highest BCUT2D eigenvalue weighted by Crippen LogP contribution is 2.34. The second-order valence-corrected chi connectivity index (χ2v) is 8.27. The molecule has 1 aromatic carbocycles. The van der Waals surface area contributed by atoms with Crippen molar-refractivity contribution in [1.82, 2.24) is 19.9 Å². The van der Waals surface area contributed by atoms with E-state index in [2.05, 4.69) is 10.3 Å². The quantitative estimate of drug-likeness (QED) is 0.660. The summed E-state index contributed by atoms with van der Waals surface area (Å²) in [6.45, 7) is 1.46. The standard InChI is InChI=1S/C24H24FN5O/c25-19-4-1-5-20(13-19)27-22-14-21(16-8-10-26-11-9-16)28-23(29-22)18-3-2-12-30(15-18)24(31)17-6-7-17/h1,4-5,8-11,13-14,17-18H,2-3,6-7,12,15H2,(H,27,28,29)/t18-/m1/s1. The third kappa shape index (κ3) is 4.55.